The number of aryl methyl sites for hydroxylation is 1. The Labute approximate surface area is 189 Å². The van der Waals surface area contributed by atoms with Gasteiger partial charge in [-0.1, -0.05) is 41.7 Å². The molecule has 5 rings (SSSR count). The summed E-state index contributed by atoms with van der Waals surface area (Å²) in [6, 6.07) is 16.2. The van der Waals surface area contributed by atoms with Crippen LogP contribution in [0.5, 0.6) is 0 Å². The van der Waals surface area contributed by atoms with Crippen molar-refractivity contribution in [1.82, 2.24) is 20.1 Å². The lowest BCUT2D eigenvalue weighted by atomic mass is 9.97. The Morgan fingerprint density at radius 3 is 2.75 bits per heavy atom. The number of halogens is 1. The summed E-state index contributed by atoms with van der Waals surface area (Å²) >= 11 is 1.64. The average molecular weight is 450 g/mol. The molecule has 6 nitrogen and oxygen atoms in total. The highest BCUT2D eigenvalue weighted by atomic mass is 32.1. The van der Waals surface area contributed by atoms with Crippen LogP contribution in [0, 0.1) is 18.7 Å². The van der Waals surface area contributed by atoms with Crippen molar-refractivity contribution in [2.24, 2.45) is 5.92 Å². The fourth-order valence-corrected chi connectivity index (χ4v) is 5.13. The lowest BCUT2D eigenvalue weighted by Gasteiger charge is -2.31. The Balaban J connectivity index is 1.31. The molecule has 1 aliphatic heterocycles. The number of anilines is 1. The van der Waals surface area contributed by atoms with E-state index in [-0.39, 0.29) is 17.6 Å². The SMILES string of the molecule is Cc1nn(-c2ccccc2)c2nc(N3CCC[C@H](C(=O)NCc4ccc(F)cc4)C3)sc12. The standard InChI is InChI=1S/C24H24FN5OS/c1-16-21-22(30(28-16)20-7-3-2-4-8-20)27-24(32-21)29-13-5-6-18(15-29)23(31)26-14-17-9-11-19(25)12-10-17/h2-4,7-12,18H,5-6,13-15H2,1H3,(H,26,31)/t18-/m0/s1. The van der Waals surface area contributed by atoms with Gasteiger partial charge in [-0.15, -0.1) is 0 Å². The zero-order valence-corrected chi connectivity index (χ0v) is 18.6. The number of amides is 1. The number of nitrogens with one attached hydrogen (secondary N) is 1. The quantitative estimate of drug-likeness (QED) is 0.489. The maximum Gasteiger partial charge on any atom is 0.225 e. The van der Waals surface area contributed by atoms with Gasteiger partial charge in [-0.05, 0) is 49.6 Å². The summed E-state index contributed by atoms with van der Waals surface area (Å²) in [7, 11) is 0. The van der Waals surface area contributed by atoms with Crippen molar-refractivity contribution >= 4 is 32.7 Å². The minimum absolute atomic E-state index is 0.0341. The van der Waals surface area contributed by atoms with E-state index in [9.17, 15) is 9.18 Å². The molecule has 0 unspecified atom stereocenters. The maximum atomic E-state index is 13.1. The molecule has 1 saturated heterocycles. The molecule has 0 aliphatic carbocycles. The molecule has 8 heteroatoms. The molecule has 0 bridgehead atoms. The molecule has 2 aromatic carbocycles. The molecule has 0 saturated carbocycles. The van der Waals surface area contributed by atoms with Gasteiger partial charge in [-0.2, -0.15) is 10.1 Å². The van der Waals surface area contributed by atoms with Crippen LogP contribution >= 0.6 is 11.3 Å². The third-order valence-corrected chi connectivity index (χ3v) is 7.03. The first-order valence-electron chi connectivity index (χ1n) is 10.8. The zero-order valence-electron chi connectivity index (χ0n) is 17.8. The van der Waals surface area contributed by atoms with E-state index in [2.05, 4.69) is 15.3 Å². The van der Waals surface area contributed by atoms with Gasteiger partial charge in [0.2, 0.25) is 5.91 Å². The third-order valence-electron chi connectivity index (χ3n) is 5.82. The maximum absolute atomic E-state index is 13.1. The van der Waals surface area contributed by atoms with E-state index in [0.717, 1.165) is 51.8 Å². The first-order chi connectivity index (χ1) is 15.6. The molecule has 1 aliphatic rings. The van der Waals surface area contributed by atoms with Gasteiger partial charge in [0, 0.05) is 19.6 Å². The van der Waals surface area contributed by atoms with Crippen LogP contribution in [0.2, 0.25) is 0 Å². The van der Waals surface area contributed by atoms with Gasteiger partial charge in [0.05, 0.1) is 22.0 Å². The number of carbonyl (C=O) groups is 1. The molecular weight excluding hydrogens is 425 g/mol. The van der Waals surface area contributed by atoms with Crippen LogP contribution < -0.4 is 10.2 Å². The molecule has 164 valence electrons. The monoisotopic (exact) mass is 449 g/mol. The van der Waals surface area contributed by atoms with Crippen molar-refractivity contribution in [3.63, 3.8) is 0 Å². The first kappa shape index (κ1) is 20.6. The van der Waals surface area contributed by atoms with Crippen LogP contribution in [-0.4, -0.2) is 33.8 Å². The van der Waals surface area contributed by atoms with Gasteiger partial charge in [-0.25, -0.2) is 9.07 Å². The Bertz CT molecular complexity index is 1230. The predicted molar refractivity (Wildman–Crippen MR) is 125 cm³/mol. The van der Waals surface area contributed by atoms with Crippen molar-refractivity contribution < 1.29 is 9.18 Å². The van der Waals surface area contributed by atoms with Gasteiger partial charge in [0.15, 0.2) is 10.8 Å². The summed E-state index contributed by atoms with van der Waals surface area (Å²) in [5.41, 5.74) is 3.69. The number of para-hydroxylation sites is 1. The molecule has 0 spiro atoms. The zero-order chi connectivity index (χ0) is 22.1. The van der Waals surface area contributed by atoms with Crippen LogP contribution in [0.25, 0.3) is 16.0 Å². The number of nitrogens with zero attached hydrogens (tertiary/aromatic N) is 4. The summed E-state index contributed by atoms with van der Waals surface area (Å²) in [4.78, 5) is 19.9. The average Bonchev–Trinajstić information content (AvgIpc) is 3.40. The minimum Gasteiger partial charge on any atom is -0.352 e. The van der Waals surface area contributed by atoms with E-state index < -0.39 is 0 Å². The third kappa shape index (κ3) is 4.10. The Morgan fingerprint density at radius 2 is 1.97 bits per heavy atom. The van der Waals surface area contributed by atoms with Crippen molar-refractivity contribution in [1.29, 1.82) is 0 Å². The largest absolute Gasteiger partial charge is 0.352 e. The van der Waals surface area contributed by atoms with E-state index in [0.29, 0.717) is 13.1 Å². The fraction of sp³-hybridized carbons (Fsp3) is 0.292. The number of hydrogen-bond acceptors (Lipinski definition) is 5. The van der Waals surface area contributed by atoms with Gasteiger partial charge in [0.1, 0.15) is 5.82 Å². The lowest BCUT2D eigenvalue weighted by molar-refractivity contribution is -0.125. The number of rotatable bonds is 5. The summed E-state index contributed by atoms with van der Waals surface area (Å²) in [5.74, 6) is -0.334. The van der Waals surface area contributed by atoms with Crippen molar-refractivity contribution in [2.45, 2.75) is 26.3 Å². The van der Waals surface area contributed by atoms with Crippen LogP contribution in [0.3, 0.4) is 0 Å². The molecule has 1 atom stereocenters. The highest BCUT2D eigenvalue weighted by Crippen LogP contribution is 2.34. The van der Waals surface area contributed by atoms with Crippen LogP contribution in [-0.2, 0) is 11.3 Å². The van der Waals surface area contributed by atoms with Gasteiger partial charge < -0.3 is 10.2 Å². The first-order valence-corrected chi connectivity index (χ1v) is 11.6. The molecule has 1 amide bonds. The molecule has 0 radical (unpaired) electrons. The topological polar surface area (TPSA) is 63.1 Å². The Kier molecular flexibility index (Phi) is 5.61. The van der Waals surface area contributed by atoms with Gasteiger partial charge in [0.25, 0.3) is 0 Å². The van der Waals surface area contributed by atoms with E-state index in [4.69, 9.17) is 4.98 Å². The molecule has 1 fully saturated rings. The molecule has 1 N–H and O–H groups in total. The normalized spacial score (nSPS) is 16.4. The van der Waals surface area contributed by atoms with Gasteiger partial charge in [-0.3, -0.25) is 4.79 Å². The second-order valence-corrected chi connectivity index (χ2v) is 9.09. The highest BCUT2D eigenvalue weighted by Gasteiger charge is 2.28. The fourth-order valence-electron chi connectivity index (χ4n) is 4.11. The second-order valence-electron chi connectivity index (χ2n) is 8.11. The number of aromatic nitrogens is 3. The molecule has 4 aromatic rings. The summed E-state index contributed by atoms with van der Waals surface area (Å²) in [6.07, 6.45) is 1.79. The van der Waals surface area contributed by atoms with Crippen LogP contribution in [0.4, 0.5) is 9.52 Å². The molecule has 32 heavy (non-hydrogen) atoms. The lowest BCUT2D eigenvalue weighted by Crippen LogP contribution is -2.43. The second kappa shape index (κ2) is 8.70. The van der Waals surface area contributed by atoms with Crippen molar-refractivity contribution in [3.05, 3.63) is 71.7 Å². The molecule has 3 heterocycles. The van der Waals surface area contributed by atoms with E-state index in [1.165, 1.54) is 12.1 Å². The number of piperidine rings is 1. The van der Waals surface area contributed by atoms with Crippen LogP contribution in [0.1, 0.15) is 24.1 Å². The Morgan fingerprint density at radius 1 is 1.19 bits per heavy atom. The number of fused-ring (bicyclic) bond motifs is 1. The summed E-state index contributed by atoms with van der Waals surface area (Å²) in [6.45, 7) is 3.94. The number of thiazole rings is 1. The van der Waals surface area contributed by atoms with E-state index in [1.807, 2.05) is 41.9 Å². The van der Waals surface area contributed by atoms with Crippen molar-refractivity contribution in [2.75, 3.05) is 18.0 Å². The Hall–Kier alpha value is -3.26. The molecular formula is C24H24FN5OS. The highest BCUT2D eigenvalue weighted by molar-refractivity contribution is 7.22. The smallest absolute Gasteiger partial charge is 0.225 e. The number of carbonyl (C=O) groups excluding carboxylic acids is 1. The van der Waals surface area contributed by atoms with E-state index >= 15 is 0 Å². The summed E-state index contributed by atoms with van der Waals surface area (Å²) < 4.78 is 16.0. The predicted octanol–water partition coefficient (Wildman–Crippen LogP) is 4.46. The van der Waals surface area contributed by atoms with Crippen molar-refractivity contribution in [3.8, 4) is 5.69 Å². The number of benzene rings is 2. The van der Waals surface area contributed by atoms with Gasteiger partial charge >= 0.3 is 0 Å². The summed E-state index contributed by atoms with van der Waals surface area (Å²) in [5, 5.41) is 8.60. The molecule has 2 aromatic heterocycles. The van der Waals surface area contributed by atoms with E-state index in [1.54, 1.807) is 23.5 Å². The number of hydrogen-bond donors (Lipinski definition) is 1. The van der Waals surface area contributed by atoms with Crippen LogP contribution in [0.15, 0.2) is 54.6 Å². The minimum atomic E-state index is -0.274.